The summed E-state index contributed by atoms with van der Waals surface area (Å²) in [6.07, 6.45) is -0.385. The molecule has 0 spiro atoms. The molecule has 0 aliphatic carbocycles. The molecule has 0 saturated carbocycles. The second-order valence-electron chi connectivity index (χ2n) is 3.60. The third-order valence-electron chi connectivity index (χ3n) is 2.15. The Bertz CT molecular complexity index is 589. The van der Waals surface area contributed by atoms with Crippen molar-refractivity contribution in [2.75, 3.05) is 23.3 Å². The first-order valence-corrected chi connectivity index (χ1v) is 6.72. The highest BCUT2D eigenvalue weighted by Crippen LogP contribution is 2.22. The van der Waals surface area contributed by atoms with Crippen LogP contribution in [0.25, 0.3) is 0 Å². The van der Waals surface area contributed by atoms with Crippen LogP contribution < -0.4 is 10.5 Å². The van der Waals surface area contributed by atoms with Crippen molar-refractivity contribution >= 4 is 27.4 Å². The van der Waals surface area contributed by atoms with E-state index in [1.165, 1.54) is 0 Å². The largest absolute Gasteiger partial charge is 0.469 e. The first-order chi connectivity index (χ1) is 8.75. The number of carbonyl (C=O) groups excluding carboxylic acids is 1. The minimum atomic E-state index is -3.96. The van der Waals surface area contributed by atoms with Crippen LogP contribution >= 0.6 is 0 Å². The maximum absolute atomic E-state index is 13.3. The van der Waals surface area contributed by atoms with E-state index < -0.39 is 44.8 Å². The number of hydrogen-bond acceptors (Lipinski definition) is 5. The van der Waals surface area contributed by atoms with E-state index in [9.17, 15) is 22.0 Å². The van der Waals surface area contributed by atoms with Gasteiger partial charge >= 0.3 is 5.97 Å². The number of halogens is 2. The van der Waals surface area contributed by atoms with Gasteiger partial charge in [-0.3, -0.25) is 9.52 Å². The molecule has 19 heavy (non-hydrogen) atoms. The van der Waals surface area contributed by atoms with Crippen LogP contribution in [0.4, 0.5) is 20.2 Å². The SMILES string of the molecule is COC(=O)CCS(=O)(=O)Nc1cc(N)c(F)cc1F. The highest BCUT2D eigenvalue weighted by molar-refractivity contribution is 7.92. The number of sulfonamides is 1. The molecule has 106 valence electrons. The molecule has 0 amide bonds. The molecule has 0 aliphatic rings. The summed E-state index contributed by atoms with van der Waals surface area (Å²) < 4.78 is 55.5. The van der Waals surface area contributed by atoms with Crippen LogP contribution in [0.1, 0.15) is 6.42 Å². The molecular formula is C10H12F2N2O4S. The topological polar surface area (TPSA) is 98.5 Å². The summed E-state index contributed by atoms with van der Waals surface area (Å²) in [7, 11) is -2.85. The standard InChI is InChI=1S/C10H12F2N2O4S/c1-18-10(15)2-3-19(16,17)14-9-5-8(13)6(11)4-7(9)12/h4-5,14H,2-3,13H2,1H3. The number of anilines is 2. The second kappa shape index (κ2) is 5.83. The molecule has 6 nitrogen and oxygen atoms in total. The third-order valence-corrected chi connectivity index (χ3v) is 3.43. The lowest BCUT2D eigenvalue weighted by atomic mass is 10.2. The predicted molar refractivity (Wildman–Crippen MR) is 64.8 cm³/mol. The molecule has 0 atom stereocenters. The lowest BCUT2D eigenvalue weighted by molar-refractivity contribution is -0.140. The van der Waals surface area contributed by atoms with Crippen molar-refractivity contribution in [1.82, 2.24) is 0 Å². The van der Waals surface area contributed by atoms with E-state index >= 15 is 0 Å². The Labute approximate surface area is 108 Å². The van der Waals surface area contributed by atoms with Gasteiger partial charge in [-0.1, -0.05) is 0 Å². The summed E-state index contributed by atoms with van der Waals surface area (Å²) in [6.45, 7) is 0. The molecule has 1 rings (SSSR count). The fourth-order valence-electron chi connectivity index (χ4n) is 1.18. The molecule has 0 heterocycles. The number of carbonyl (C=O) groups is 1. The van der Waals surface area contributed by atoms with Gasteiger partial charge in [0.15, 0.2) is 0 Å². The fraction of sp³-hybridized carbons (Fsp3) is 0.300. The lowest BCUT2D eigenvalue weighted by Crippen LogP contribution is -2.20. The molecule has 0 fully saturated rings. The predicted octanol–water partition coefficient (Wildman–Crippen LogP) is 0.852. The van der Waals surface area contributed by atoms with E-state index in [4.69, 9.17) is 5.73 Å². The maximum atomic E-state index is 13.3. The number of esters is 1. The van der Waals surface area contributed by atoms with Crippen molar-refractivity contribution in [3.8, 4) is 0 Å². The van der Waals surface area contributed by atoms with Gasteiger partial charge in [0, 0.05) is 6.07 Å². The van der Waals surface area contributed by atoms with Gasteiger partial charge in [0.1, 0.15) is 11.6 Å². The zero-order valence-electron chi connectivity index (χ0n) is 9.94. The van der Waals surface area contributed by atoms with E-state index in [0.717, 1.165) is 13.2 Å². The number of methoxy groups -OCH3 is 1. The van der Waals surface area contributed by atoms with Gasteiger partial charge in [-0.2, -0.15) is 0 Å². The van der Waals surface area contributed by atoms with E-state index in [1.54, 1.807) is 0 Å². The molecule has 0 saturated heterocycles. The molecule has 0 unspecified atom stereocenters. The van der Waals surface area contributed by atoms with Crippen LogP contribution in [0.5, 0.6) is 0 Å². The van der Waals surface area contributed by atoms with E-state index in [0.29, 0.717) is 6.07 Å². The van der Waals surface area contributed by atoms with Gasteiger partial charge in [-0.05, 0) is 6.07 Å². The van der Waals surface area contributed by atoms with Gasteiger partial charge in [-0.15, -0.1) is 0 Å². The van der Waals surface area contributed by atoms with Crippen LogP contribution in [0.3, 0.4) is 0 Å². The number of ether oxygens (including phenoxy) is 1. The number of nitrogens with one attached hydrogen (secondary N) is 1. The number of rotatable bonds is 5. The van der Waals surface area contributed by atoms with Gasteiger partial charge in [-0.25, -0.2) is 17.2 Å². The quantitative estimate of drug-likeness (QED) is 0.619. The van der Waals surface area contributed by atoms with Gasteiger partial charge < -0.3 is 10.5 Å². The molecular weight excluding hydrogens is 282 g/mol. The summed E-state index contributed by atoms with van der Waals surface area (Å²) in [5, 5.41) is 0. The van der Waals surface area contributed by atoms with Crippen molar-refractivity contribution in [1.29, 1.82) is 0 Å². The van der Waals surface area contributed by atoms with Gasteiger partial charge in [0.25, 0.3) is 0 Å². The molecule has 9 heteroatoms. The lowest BCUT2D eigenvalue weighted by Gasteiger charge is -2.09. The van der Waals surface area contributed by atoms with Crippen molar-refractivity contribution < 1.29 is 26.7 Å². The third kappa shape index (κ3) is 4.36. The van der Waals surface area contributed by atoms with E-state index in [2.05, 4.69) is 4.74 Å². The first-order valence-electron chi connectivity index (χ1n) is 5.07. The average molecular weight is 294 g/mol. The smallest absolute Gasteiger partial charge is 0.306 e. The Balaban J connectivity index is 2.84. The van der Waals surface area contributed by atoms with Gasteiger partial charge in [0.2, 0.25) is 10.0 Å². The molecule has 0 bridgehead atoms. The summed E-state index contributed by atoms with van der Waals surface area (Å²) in [6, 6.07) is 1.29. The zero-order chi connectivity index (χ0) is 14.6. The van der Waals surface area contributed by atoms with Crippen molar-refractivity contribution in [2.24, 2.45) is 0 Å². The number of nitrogen functional groups attached to an aromatic ring is 1. The van der Waals surface area contributed by atoms with Crippen LogP contribution in [0.2, 0.25) is 0 Å². The highest BCUT2D eigenvalue weighted by atomic mass is 32.2. The molecule has 0 radical (unpaired) electrons. The minimum absolute atomic E-state index is 0.385. The average Bonchev–Trinajstić information content (AvgIpc) is 2.33. The van der Waals surface area contributed by atoms with Crippen LogP contribution in [-0.2, 0) is 19.6 Å². The Morgan fingerprint density at radius 2 is 2.00 bits per heavy atom. The van der Waals surface area contributed by atoms with E-state index in [1.807, 2.05) is 4.72 Å². The van der Waals surface area contributed by atoms with Crippen molar-refractivity contribution in [3.05, 3.63) is 23.8 Å². The molecule has 3 N–H and O–H groups in total. The number of nitrogens with two attached hydrogens (primary N) is 1. The summed E-state index contributed by atoms with van der Waals surface area (Å²) >= 11 is 0. The summed E-state index contributed by atoms with van der Waals surface area (Å²) in [5.74, 6) is -3.40. The maximum Gasteiger partial charge on any atom is 0.306 e. The molecule has 0 aliphatic heterocycles. The van der Waals surface area contributed by atoms with Crippen LogP contribution in [-0.4, -0.2) is 27.2 Å². The Hall–Kier alpha value is -1.90. The first kappa shape index (κ1) is 15.2. The van der Waals surface area contributed by atoms with Crippen molar-refractivity contribution in [3.63, 3.8) is 0 Å². The molecule has 1 aromatic carbocycles. The monoisotopic (exact) mass is 294 g/mol. The zero-order valence-corrected chi connectivity index (χ0v) is 10.8. The van der Waals surface area contributed by atoms with Crippen LogP contribution in [0.15, 0.2) is 12.1 Å². The van der Waals surface area contributed by atoms with E-state index in [-0.39, 0.29) is 6.42 Å². The Morgan fingerprint density at radius 1 is 1.37 bits per heavy atom. The summed E-state index contributed by atoms with van der Waals surface area (Å²) in [5.41, 5.74) is 4.32. The number of hydrogen-bond donors (Lipinski definition) is 2. The minimum Gasteiger partial charge on any atom is -0.469 e. The van der Waals surface area contributed by atoms with Crippen molar-refractivity contribution in [2.45, 2.75) is 6.42 Å². The van der Waals surface area contributed by atoms with Crippen LogP contribution in [0, 0.1) is 11.6 Å². The van der Waals surface area contributed by atoms with Gasteiger partial charge in [0.05, 0.1) is 30.7 Å². The Kier molecular flexibility index (Phi) is 4.65. The highest BCUT2D eigenvalue weighted by Gasteiger charge is 2.17. The number of benzene rings is 1. The summed E-state index contributed by atoms with van der Waals surface area (Å²) in [4.78, 5) is 10.8. The molecule has 0 aromatic heterocycles. The normalized spacial score (nSPS) is 11.1. The second-order valence-corrected chi connectivity index (χ2v) is 5.44. The fourth-order valence-corrected chi connectivity index (χ4v) is 2.21. The molecule has 1 aromatic rings. The Morgan fingerprint density at radius 3 is 2.58 bits per heavy atom.